The van der Waals surface area contributed by atoms with Gasteiger partial charge in [-0.3, -0.25) is 14.4 Å². The molecule has 2 N–H and O–H groups in total. The van der Waals surface area contributed by atoms with Gasteiger partial charge in [0.1, 0.15) is 17.2 Å². The second-order valence-electron chi connectivity index (χ2n) is 8.97. The maximum Gasteiger partial charge on any atom is 0.258 e. The van der Waals surface area contributed by atoms with E-state index in [1.54, 1.807) is 37.3 Å². The zero-order valence-electron chi connectivity index (χ0n) is 20.3. The predicted octanol–water partition coefficient (Wildman–Crippen LogP) is 3.57. The molecule has 0 aliphatic carbocycles. The summed E-state index contributed by atoms with van der Waals surface area (Å²) < 4.78 is 17.2. The molecule has 0 aromatic heterocycles. The average Bonchev–Trinajstić information content (AvgIpc) is 2.87. The Balaban J connectivity index is 1.34. The first-order valence-electron chi connectivity index (χ1n) is 11.7. The van der Waals surface area contributed by atoms with Crippen molar-refractivity contribution in [3.05, 3.63) is 59.7 Å². The third-order valence-electron chi connectivity index (χ3n) is 6.66. The third kappa shape index (κ3) is 4.17. The van der Waals surface area contributed by atoms with Crippen molar-refractivity contribution < 1.29 is 28.6 Å². The number of anilines is 1. The Hall–Kier alpha value is -4.27. The van der Waals surface area contributed by atoms with Gasteiger partial charge in [0.2, 0.25) is 5.91 Å². The minimum absolute atomic E-state index is 0.145. The topological polar surface area (TPSA) is 106 Å². The molecule has 5 rings (SSSR count). The van der Waals surface area contributed by atoms with Gasteiger partial charge in [0.25, 0.3) is 11.8 Å². The molecule has 0 saturated carbocycles. The number of carbonyl (C=O) groups excluding carboxylic acids is 3. The molecule has 9 heteroatoms. The molecular formula is C27H27N3O6. The van der Waals surface area contributed by atoms with Gasteiger partial charge in [-0.15, -0.1) is 0 Å². The summed E-state index contributed by atoms with van der Waals surface area (Å²) in [6.45, 7) is 2.21. The van der Waals surface area contributed by atoms with E-state index in [9.17, 15) is 14.4 Å². The number of hydrogen-bond donors (Lipinski definition) is 2. The number of nitrogens with one attached hydrogen (secondary N) is 2. The summed E-state index contributed by atoms with van der Waals surface area (Å²) in [4.78, 5) is 39.5. The van der Waals surface area contributed by atoms with E-state index in [1.807, 2.05) is 30.3 Å². The molecule has 2 aliphatic rings. The normalized spacial score (nSPS) is 16.1. The number of benzene rings is 3. The van der Waals surface area contributed by atoms with E-state index in [-0.39, 0.29) is 17.7 Å². The van der Waals surface area contributed by atoms with Crippen molar-refractivity contribution in [2.24, 2.45) is 0 Å². The molecule has 0 unspecified atom stereocenters. The molecule has 1 saturated heterocycles. The predicted molar refractivity (Wildman–Crippen MR) is 134 cm³/mol. The van der Waals surface area contributed by atoms with Gasteiger partial charge in [0.05, 0.1) is 25.3 Å². The van der Waals surface area contributed by atoms with Crippen LogP contribution in [0.4, 0.5) is 5.69 Å². The van der Waals surface area contributed by atoms with E-state index in [4.69, 9.17) is 14.2 Å². The highest BCUT2D eigenvalue weighted by Gasteiger charge is 2.43. The number of rotatable bonds is 4. The van der Waals surface area contributed by atoms with Gasteiger partial charge < -0.3 is 29.7 Å². The lowest BCUT2D eigenvalue weighted by atomic mass is 9.95. The highest BCUT2D eigenvalue weighted by molar-refractivity contribution is 6.03. The Morgan fingerprint density at radius 2 is 1.78 bits per heavy atom. The summed E-state index contributed by atoms with van der Waals surface area (Å²) in [7, 11) is 3.15. The van der Waals surface area contributed by atoms with Gasteiger partial charge in [-0.2, -0.15) is 0 Å². The molecule has 2 heterocycles. The summed E-state index contributed by atoms with van der Waals surface area (Å²) in [5.74, 6) is 1.01. The van der Waals surface area contributed by atoms with Gasteiger partial charge in [-0.1, -0.05) is 12.1 Å². The van der Waals surface area contributed by atoms with Crippen molar-refractivity contribution in [2.75, 3.05) is 32.6 Å². The van der Waals surface area contributed by atoms with E-state index < -0.39 is 5.72 Å². The molecule has 2 aliphatic heterocycles. The Kier molecular flexibility index (Phi) is 5.91. The minimum atomic E-state index is -0.892. The standard InChI is InChI=1S/C27H27N3O6/c1-16(31)28-18-7-8-23-20(14-18)25(32)29-27(36-23)9-11-30(12-10-27)26(33)21-13-17-5-4-6-22(34-2)19(17)15-24(21)35-3/h4-8,13-15H,9-12H2,1-3H3,(H,28,31)(H,29,32). The first-order chi connectivity index (χ1) is 17.3. The molecular weight excluding hydrogens is 462 g/mol. The summed E-state index contributed by atoms with van der Waals surface area (Å²) >= 11 is 0. The molecule has 9 nitrogen and oxygen atoms in total. The number of carbonyl (C=O) groups is 3. The first kappa shape index (κ1) is 23.5. The van der Waals surface area contributed by atoms with Crippen molar-refractivity contribution >= 4 is 34.2 Å². The largest absolute Gasteiger partial charge is 0.496 e. The molecule has 1 spiro atoms. The Bertz CT molecular complexity index is 1380. The van der Waals surface area contributed by atoms with Crippen LogP contribution in [-0.2, 0) is 4.79 Å². The van der Waals surface area contributed by atoms with E-state index in [0.29, 0.717) is 60.0 Å². The summed E-state index contributed by atoms with van der Waals surface area (Å²) in [6, 6.07) is 14.3. The first-order valence-corrected chi connectivity index (χ1v) is 11.7. The van der Waals surface area contributed by atoms with Crippen molar-refractivity contribution in [3.8, 4) is 17.2 Å². The average molecular weight is 490 g/mol. The van der Waals surface area contributed by atoms with Crippen molar-refractivity contribution in [2.45, 2.75) is 25.5 Å². The van der Waals surface area contributed by atoms with Crippen LogP contribution in [0.25, 0.3) is 10.8 Å². The number of fused-ring (bicyclic) bond motifs is 2. The molecule has 0 radical (unpaired) electrons. The third-order valence-corrected chi connectivity index (χ3v) is 6.66. The lowest BCUT2D eigenvalue weighted by Crippen LogP contribution is -2.61. The van der Waals surface area contributed by atoms with Crippen molar-refractivity contribution in [1.82, 2.24) is 10.2 Å². The number of methoxy groups -OCH3 is 2. The van der Waals surface area contributed by atoms with Crippen LogP contribution in [0.5, 0.6) is 17.2 Å². The van der Waals surface area contributed by atoms with Crippen molar-refractivity contribution in [3.63, 3.8) is 0 Å². The van der Waals surface area contributed by atoms with Gasteiger partial charge in [0.15, 0.2) is 5.72 Å². The lowest BCUT2D eigenvalue weighted by Gasteiger charge is -2.44. The van der Waals surface area contributed by atoms with Crippen LogP contribution in [0, 0.1) is 0 Å². The highest BCUT2D eigenvalue weighted by atomic mass is 16.5. The van der Waals surface area contributed by atoms with Crippen LogP contribution in [0.1, 0.15) is 40.5 Å². The van der Waals surface area contributed by atoms with Gasteiger partial charge in [-0.25, -0.2) is 0 Å². The molecule has 3 aromatic rings. The lowest BCUT2D eigenvalue weighted by molar-refractivity contribution is -0.114. The quantitative estimate of drug-likeness (QED) is 0.581. The molecule has 1 fully saturated rings. The number of ether oxygens (including phenoxy) is 3. The second kappa shape index (κ2) is 9.07. The van der Waals surface area contributed by atoms with Crippen LogP contribution in [-0.4, -0.2) is 55.7 Å². The fourth-order valence-corrected chi connectivity index (χ4v) is 4.85. The molecule has 186 valence electrons. The van der Waals surface area contributed by atoms with Crippen LogP contribution >= 0.6 is 0 Å². The molecule has 36 heavy (non-hydrogen) atoms. The van der Waals surface area contributed by atoms with E-state index in [0.717, 1.165) is 10.8 Å². The van der Waals surface area contributed by atoms with E-state index >= 15 is 0 Å². The van der Waals surface area contributed by atoms with Crippen molar-refractivity contribution in [1.29, 1.82) is 0 Å². The van der Waals surface area contributed by atoms with Gasteiger partial charge in [0, 0.05) is 43.9 Å². The summed E-state index contributed by atoms with van der Waals surface area (Å²) in [5.41, 5.74) is 0.468. The number of nitrogens with zero attached hydrogens (tertiary/aromatic N) is 1. The monoisotopic (exact) mass is 489 g/mol. The Morgan fingerprint density at radius 1 is 1.03 bits per heavy atom. The number of piperidine rings is 1. The Labute approximate surface area is 208 Å². The van der Waals surface area contributed by atoms with Crippen LogP contribution in [0.2, 0.25) is 0 Å². The maximum absolute atomic E-state index is 13.5. The highest BCUT2D eigenvalue weighted by Crippen LogP contribution is 2.37. The zero-order chi connectivity index (χ0) is 25.4. The second-order valence-corrected chi connectivity index (χ2v) is 8.97. The van der Waals surface area contributed by atoms with Crippen LogP contribution in [0.3, 0.4) is 0 Å². The summed E-state index contributed by atoms with van der Waals surface area (Å²) in [6.07, 6.45) is 0.863. The summed E-state index contributed by atoms with van der Waals surface area (Å²) in [5, 5.41) is 7.39. The van der Waals surface area contributed by atoms with Gasteiger partial charge >= 0.3 is 0 Å². The van der Waals surface area contributed by atoms with E-state index in [1.165, 1.54) is 6.92 Å². The maximum atomic E-state index is 13.5. The number of amides is 3. The SMILES string of the molecule is COc1cc2c(OC)cccc2cc1C(=O)N1CCC2(CC1)NC(=O)c1cc(NC(C)=O)ccc1O2. The van der Waals surface area contributed by atoms with Crippen LogP contribution < -0.4 is 24.8 Å². The fraction of sp³-hybridized carbons (Fsp3) is 0.296. The Morgan fingerprint density at radius 3 is 2.47 bits per heavy atom. The molecule has 0 atom stereocenters. The molecule has 3 amide bonds. The molecule has 0 bridgehead atoms. The van der Waals surface area contributed by atoms with Crippen LogP contribution in [0.15, 0.2) is 48.5 Å². The number of likely N-dealkylation sites (tertiary alicyclic amines) is 1. The smallest absolute Gasteiger partial charge is 0.258 e. The van der Waals surface area contributed by atoms with E-state index in [2.05, 4.69) is 10.6 Å². The molecule has 3 aromatic carbocycles. The number of hydrogen-bond acceptors (Lipinski definition) is 6. The zero-order valence-corrected chi connectivity index (χ0v) is 20.3. The van der Waals surface area contributed by atoms with Gasteiger partial charge in [-0.05, 0) is 41.8 Å². The fourth-order valence-electron chi connectivity index (χ4n) is 4.85. The minimum Gasteiger partial charge on any atom is -0.496 e.